The predicted molar refractivity (Wildman–Crippen MR) is 65.3 cm³/mol. The largest absolute Gasteiger partial charge is 0.496 e. The van der Waals surface area contributed by atoms with Crippen LogP contribution < -0.4 is 10.5 Å². The lowest BCUT2D eigenvalue weighted by Crippen LogP contribution is -2.36. The Kier molecular flexibility index (Phi) is 2.69. The first-order valence-electron chi connectivity index (χ1n) is 5.11. The van der Waals surface area contributed by atoms with Crippen LogP contribution in [-0.2, 0) is 5.75 Å². The predicted octanol–water partition coefficient (Wildman–Crippen LogP) is 2.72. The molecule has 0 aliphatic carbocycles. The maximum Gasteiger partial charge on any atom is 0.123 e. The molecule has 0 aromatic heterocycles. The van der Waals surface area contributed by atoms with Gasteiger partial charge in [0.25, 0.3) is 0 Å². The van der Waals surface area contributed by atoms with Gasteiger partial charge in [0.2, 0.25) is 0 Å². The van der Waals surface area contributed by atoms with Gasteiger partial charge in [-0.1, -0.05) is 12.1 Å². The summed E-state index contributed by atoms with van der Waals surface area (Å²) in [6, 6.07) is 6.22. The zero-order valence-corrected chi connectivity index (χ0v) is 10.2. The zero-order chi connectivity index (χ0) is 11.1. The second-order valence-electron chi connectivity index (χ2n) is 4.40. The molecule has 0 saturated carbocycles. The smallest absolute Gasteiger partial charge is 0.123 e. The zero-order valence-electron chi connectivity index (χ0n) is 9.41. The number of benzene rings is 1. The summed E-state index contributed by atoms with van der Waals surface area (Å²) in [5, 5.41) is 0. The van der Waals surface area contributed by atoms with Crippen LogP contribution in [0, 0.1) is 0 Å². The molecule has 1 aromatic rings. The van der Waals surface area contributed by atoms with Crippen molar-refractivity contribution in [2.75, 3.05) is 7.11 Å². The number of hydrogen-bond acceptors (Lipinski definition) is 3. The molecule has 82 valence electrons. The monoisotopic (exact) mass is 223 g/mol. The Morgan fingerprint density at radius 1 is 1.47 bits per heavy atom. The van der Waals surface area contributed by atoms with Crippen LogP contribution in [0.15, 0.2) is 18.2 Å². The summed E-state index contributed by atoms with van der Waals surface area (Å²) < 4.78 is 5.47. The molecule has 0 saturated heterocycles. The van der Waals surface area contributed by atoms with Crippen molar-refractivity contribution >= 4 is 11.8 Å². The molecule has 1 aliphatic heterocycles. The van der Waals surface area contributed by atoms with Crippen molar-refractivity contribution in [3.05, 3.63) is 29.3 Å². The van der Waals surface area contributed by atoms with Gasteiger partial charge in [-0.2, -0.15) is 0 Å². The van der Waals surface area contributed by atoms with Gasteiger partial charge in [0.1, 0.15) is 5.75 Å². The molecule has 2 rings (SSSR count). The standard InChI is InChI=1S/C12H17NOS/c1-12(2)11(13)8-5-4-6-10(14-3)9(8)7-15-12/h4-6,11H,7,13H2,1-3H3. The van der Waals surface area contributed by atoms with Crippen LogP contribution in [-0.4, -0.2) is 11.9 Å². The van der Waals surface area contributed by atoms with Crippen LogP contribution in [0.1, 0.15) is 31.0 Å². The van der Waals surface area contributed by atoms with Crippen LogP contribution in [0.5, 0.6) is 5.75 Å². The number of hydrogen-bond donors (Lipinski definition) is 1. The topological polar surface area (TPSA) is 35.2 Å². The lowest BCUT2D eigenvalue weighted by molar-refractivity contribution is 0.408. The van der Waals surface area contributed by atoms with Crippen LogP contribution in [0.4, 0.5) is 0 Å². The number of nitrogens with two attached hydrogens (primary N) is 1. The van der Waals surface area contributed by atoms with E-state index in [0.717, 1.165) is 11.5 Å². The lowest BCUT2D eigenvalue weighted by Gasteiger charge is -2.37. The summed E-state index contributed by atoms with van der Waals surface area (Å²) in [6.07, 6.45) is 0. The first-order valence-corrected chi connectivity index (χ1v) is 6.10. The third kappa shape index (κ3) is 1.74. The fraction of sp³-hybridized carbons (Fsp3) is 0.500. The molecule has 15 heavy (non-hydrogen) atoms. The molecule has 0 spiro atoms. The Balaban J connectivity index is 2.49. The number of rotatable bonds is 1. The summed E-state index contributed by atoms with van der Waals surface area (Å²) in [4.78, 5) is 0. The molecule has 0 amide bonds. The van der Waals surface area contributed by atoms with E-state index >= 15 is 0 Å². The van der Waals surface area contributed by atoms with E-state index in [9.17, 15) is 0 Å². The molecule has 0 radical (unpaired) electrons. The van der Waals surface area contributed by atoms with E-state index in [0.29, 0.717) is 0 Å². The van der Waals surface area contributed by atoms with Crippen molar-refractivity contribution in [1.29, 1.82) is 0 Å². The summed E-state index contributed by atoms with van der Waals surface area (Å²) in [5.74, 6) is 1.95. The molecule has 1 heterocycles. The molecular formula is C12H17NOS. The van der Waals surface area contributed by atoms with Gasteiger partial charge in [-0.3, -0.25) is 0 Å². The average molecular weight is 223 g/mol. The quantitative estimate of drug-likeness (QED) is 0.795. The van der Waals surface area contributed by atoms with Crippen LogP contribution in [0.25, 0.3) is 0 Å². The fourth-order valence-corrected chi connectivity index (χ4v) is 3.07. The van der Waals surface area contributed by atoms with Crippen molar-refractivity contribution in [2.24, 2.45) is 5.73 Å². The maximum absolute atomic E-state index is 6.27. The fourth-order valence-electron chi connectivity index (χ4n) is 1.94. The molecule has 1 unspecified atom stereocenters. The molecule has 0 fully saturated rings. The molecule has 0 bridgehead atoms. The Morgan fingerprint density at radius 3 is 2.87 bits per heavy atom. The molecular weight excluding hydrogens is 206 g/mol. The highest BCUT2D eigenvalue weighted by atomic mass is 32.2. The van der Waals surface area contributed by atoms with Crippen molar-refractivity contribution < 1.29 is 4.74 Å². The van der Waals surface area contributed by atoms with Crippen LogP contribution in [0.3, 0.4) is 0 Å². The molecule has 1 aliphatic rings. The maximum atomic E-state index is 6.27. The third-order valence-corrected chi connectivity index (χ3v) is 4.49. The molecule has 3 heteroatoms. The van der Waals surface area contributed by atoms with E-state index in [4.69, 9.17) is 10.5 Å². The highest BCUT2D eigenvalue weighted by Gasteiger charge is 2.34. The summed E-state index contributed by atoms with van der Waals surface area (Å²) in [6.45, 7) is 4.40. The first-order chi connectivity index (χ1) is 7.06. The van der Waals surface area contributed by atoms with Gasteiger partial charge < -0.3 is 10.5 Å². The van der Waals surface area contributed by atoms with E-state index in [1.54, 1.807) is 7.11 Å². The van der Waals surface area contributed by atoms with Gasteiger partial charge >= 0.3 is 0 Å². The SMILES string of the molecule is COc1cccc2c1CSC(C)(C)C2N. The number of fused-ring (bicyclic) bond motifs is 1. The number of ether oxygens (including phenoxy) is 1. The molecule has 1 aromatic carbocycles. The van der Waals surface area contributed by atoms with Gasteiger partial charge in [0.15, 0.2) is 0 Å². The average Bonchev–Trinajstić information content (AvgIpc) is 2.23. The van der Waals surface area contributed by atoms with Crippen molar-refractivity contribution in [3.63, 3.8) is 0 Å². The Morgan fingerprint density at radius 2 is 2.20 bits per heavy atom. The van der Waals surface area contributed by atoms with E-state index in [-0.39, 0.29) is 10.8 Å². The van der Waals surface area contributed by atoms with Gasteiger partial charge in [-0.25, -0.2) is 0 Å². The van der Waals surface area contributed by atoms with E-state index in [2.05, 4.69) is 19.9 Å². The van der Waals surface area contributed by atoms with E-state index in [1.165, 1.54) is 11.1 Å². The van der Waals surface area contributed by atoms with Crippen molar-refractivity contribution in [3.8, 4) is 5.75 Å². The van der Waals surface area contributed by atoms with Crippen molar-refractivity contribution in [2.45, 2.75) is 30.4 Å². The van der Waals surface area contributed by atoms with Crippen molar-refractivity contribution in [1.82, 2.24) is 0 Å². The molecule has 2 nitrogen and oxygen atoms in total. The second kappa shape index (κ2) is 3.72. The van der Waals surface area contributed by atoms with E-state index < -0.39 is 0 Å². The summed E-state index contributed by atoms with van der Waals surface area (Å²) in [5.41, 5.74) is 8.77. The van der Waals surface area contributed by atoms with Gasteiger partial charge in [0.05, 0.1) is 7.11 Å². The normalized spacial score (nSPS) is 23.3. The Labute approximate surface area is 95.2 Å². The van der Waals surface area contributed by atoms with Crippen LogP contribution >= 0.6 is 11.8 Å². The summed E-state index contributed by atoms with van der Waals surface area (Å²) in [7, 11) is 1.71. The minimum absolute atomic E-state index is 0.0846. The third-order valence-electron chi connectivity index (χ3n) is 3.06. The highest BCUT2D eigenvalue weighted by Crippen LogP contribution is 2.46. The molecule has 1 atom stereocenters. The van der Waals surface area contributed by atoms with Gasteiger partial charge in [-0.15, -0.1) is 11.8 Å². The highest BCUT2D eigenvalue weighted by molar-refractivity contribution is 8.00. The lowest BCUT2D eigenvalue weighted by atomic mass is 9.91. The van der Waals surface area contributed by atoms with Crippen LogP contribution in [0.2, 0.25) is 0 Å². The Hall–Kier alpha value is -0.670. The number of methoxy groups -OCH3 is 1. The minimum Gasteiger partial charge on any atom is -0.496 e. The number of thioether (sulfide) groups is 1. The first kappa shape index (κ1) is 10.8. The summed E-state index contributed by atoms with van der Waals surface area (Å²) >= 11 is 1.90. The van der Waals surface area contributed by atoms with Gasteiger partial charge in [0, 0.05) is 22.1 Å². The van der Waals surface area contributed by atoms with Gasteiger partial charge in [-0.05, 0) is 25.5 Å². The Bertz CT molecular complexity index is 376. The minimum atomic E-state index is 0.0846. The molecule has 2 N–H and O–H groups in total. The van der Waals surface area contributed by atoms with E-state index in [1.807, 2.05) is 23.9 Å². The second-order valence-corrected chi connectivity index (χ2v) is 6.03.